The van der Waals surface area contributed by atoms with E-state index in [1.54, 1.807) is 0 Å². The van der Waals surface area contributed by atoms with Gasteiger partial charge < -0.3 is 10.1 Å². The molecule has 2 heterocycles. The summed E-state index contributed by atoms with van der Waals surface area (Å²) < 4.78 is 5.50. The average molecular weight is 226 g/mol. The summed E-state index contributed by atoms with van der Waals surface area (Å²) in [5.74, 6) is 0.755. The lowest BCUT2D eigenvalue weighted by molar-refractivity contribution is 0.0543. The summed E-state index contributed by atoms with van der Waals surface area (Å²) in [7, 11) is 0. The van der Waals surface area contributed by atoms with E-state index in [1.807, 2.05) is 0 Å². The van der Waals surface area contributed by atoms with Gasteiger partial charge in [0.25, 0.3) is 0 Å². The molecule has 0 aliphatic carbocycles. The fraction of sp³-hybridized carbons (Fsp3) is 1.00. The van der Waals surface area contributed by atoms with Crippen LogP contribution in [0.4, 0.5) is 0 Å². The average Bonchev–Trinajstić information content (AvgIpc) is 2.78. The zero-order chi connectivity index (χ0) is 11.2. The Labute approximate surface area is 99.5 Å². The lowest BCUT2D eigenvalue weighted by Gasteiger charge is -2.26. The number of hydrogen-bond acceptors (Lipinski definition) is 3. The first-order chi connectivity index (χ1) is 7.90. The highest BCUT2D eigenvalue weighted by Crippen LogP contribution is 2.16. The maximum atomic E-state index is 5.50. The minimum absolute atomic E-state index is 0.755. The summed E-state index contributed by atoms with van der Waals surface area (Å²) in [5, 5.41) is 3.64. The van der Waals surface area contributed by atoms with Crippen LogP contribution in [0.5, 0.6) is 0 Å². The molecule has 0 amide bonds. The fourth-order valence-corrected chi connectivity index (χ4v) is 2.97. The Morgan fingerprint density at radius 3 is 2.94 bits per heavy atom. The Hall–Kier alpha value is -0.120. The smallest absolute Gasteiger partial charge is 0.0506 e. The molecule has 3 nitrogen and oxygen atoms in total. The Bertz CT molecular complexity index is 192. The van der Waals surface area contributed by atoms with Crippen LogP contribution in [0.15, 0.2) is 0 Å². The predicted molar refractivity (Wildman–Crippen MR) is 66.7 cm³/mol. The molecule has 3 heteroatoms. The van der Waals surface area contributed by atoms with Crippen molar-refractivity contribution in [2.24, 2.45) is 5.92 Å². The number of rotatable bonds is 5. The quantitative estimate of drug-likeness (QED) is 0.768. The van der Waals surface area contributed by atoms with Crippen molar-refractivity contribution >= 4 is 0 Å². The SMILES string of the molecule is CCN1CCCC1CNCC1CCCOC1. The van der Waals surface area contributed by atoms with Crippen molar-refractivity contribution in [3.63, 3.8) is 0 Å². The number of nitrogens with zero attached hydrogens (tertiary/aromatic N) is 1. The molecule has 2 atom stereocenters. The minimum atomic E-state index is 0.755. The second-order valence-corrected chi connectivity index (χ2v) is 5.17. The molecule has 94 valence electrons. The molecule has 0 spiro atoms. The number of likely N-dealkylation sites (N-methyl/N-ethyl adjacent to an activating group) is 1. The maximum absolute atomic E-state index is 5.50. The van der Waals surface area contributed by atoms with Crippen LogP contribution < -0.4 is 5.32 Å². The summed E-state index contributed by atoms with van der Waals surface area (Å²) >= 11 is 0. The van der Waals surface area contributed by atoms with Gasteiger partial charge in [0, 0.05) is 25.7 Å². The normalized spacial score (nSPS) is 32.1. The first kappa shape index (κ1) is 12.3. The van der Waals surface area contributed by atoms with Gasteiger partial charge in [0.15, 0.2) is 0 Å². The molecular formula is C13H26N2O. The monoisotopic (exact) mass is 226 g/mol. The molecule has 2 rings (SSSR count). The van der Waals surface area contributed by atoms with Gasteiger partial charge in [0.05, 0.1) is 6.61 Å². The van der Waals surface area contributed by atoms with Gasteiger partial charge in [0.2, 0.25) is 0 Å². The summed E-state index contributed by atoms with van der Waals surface area (Å²) in [6.45, 7) is 9.04. The first-order valence-corrected chi connectivity index (χ1v) is 6.92. The summed E-state index contributed by atoms with van der Waals surface area (Å²) in [5.41, 5.74) is 0. The highest BCUT2D eigenvalue weighted by Gasteiger charge is 2.22. The predicted octanol–water partition coefficient (Wildman–Crippen LogP) is 1.49. The van der Waals surface area contributed by atoms with Crippen LogP contribution in [0.3, 0.4) is 0 Å². The van der Waals surface area contributed by atoms with E-state index in [2.05, 4.69) is 17.1 Å². The van der Waals surface area contributed by atoms with Crippen LogP contribution in [0.2, 0.25) is 0 Å². The van der Waals surface area contributed by atoms with Crippen molar-refractivity contribution in [1.29, 1.82) is 0 Å². The minimum Gasteiger partial charge on any atom is -0.381 e. The van der Waals surface area contributed by atoms with E-state index in [-0.39, 0.29) is 0 Å². The van der Waals surface area contributed by atoms with Crippen LogP contribution in [-0.2, 0) is 4.74 Å². The fourth-order valence-electron chi connectivity index (χ4n) is 2.97. The molecule has 2 aliphatic heterocycles. The number of likely N-dealkylation sites (tertiary alicyclic amines) is 1. The molecule has 0 aromatic carbocycles. The van der Waals surface area contributed by atoms with E-state index in [0.717, 1.165) is 31.7 Å². The molecule has 1 N–H and O–H groups in total. The second kappa shape index (κ2) is 6.58. The van der Waals surface area contributed by atoms with Crippen LogP contribution in [0, 0.1) is 5.92 Å². The zero-order valence-electron chi connectivity index (χ0n) is 10.6. The van der Waals surface area contributed by atoms with Crippen LogP contribution >= 0.6 is 0 Å². The highest BCUT2D eigenvalue weighted by atomic mass is 16.5. The van der Waals surface area contributed by atoms with Crippen molar-refractivity contribution in [2.75, 3.05) is 39.4 Å². The van der Waals surface area contributed by atoms with Crippen molar-refractivity contribution in [3.8, 4) is 0 Å². The molecule has 0 aromatic heterocycles. The topological polar surface area (TPSA) is 24.5 Å². The van der Waals surface area contributed by atoms with Crippen LogP contribution in [0.25, 0.3) is 0 Å². The third-order valence-electron chi connectivity index (χ3n) is 3.97. The van der Waals surface area contributed by atoms with Crippen LogP contribution in [-0.4, -0.2) is 50.3 Å². The van der Waals surface area contributed by atoms with Crippen molar-refractivity contribution in [3.05, 3.63) is 0 Å². The standard InChI is InChI=1S/C13H26N2O/c1-2-15-7-3-6-13(15)10-14-9-12-5-4-8-16-11-12/h12-14H,2-11H2,1H3. The van der Waals surface area contributed by atoms with Gasteiger partial charge >= 0.3 is 0 Å². The zero-order valence-corrected chi connectivity index (χ0v) is 10.6. The third-order valence-corrected chi connectivity index (χ3v) is 3.97. The van der Waals surface area contributed by atoms with Gasteiger partial charge in [-0.3, -0.25) is 4.90 Å². The molecule has 2 unspecified atom stereocenters. The maximum Gasteiger partial charge on any atom is 0.0506 e. The van der Waals surface area contributed by atoms with Crippen LogP contribution in [0.1, 0.15) is 32.6 Å². The van der Waals surface area contributed by atoms with E-state index < -0.39 is 0 Å². The van der Waals surface area contributed by atoms with E-state index in [1.165, 1.54) is 45.3 Å². The first-order valence-electron chi connectivity index (χ1n) is 6.92. The second-order valence-electron chi connectivity index (χ2n) is 5.17. The molecule has 0 radical (unpaired) electrons. The summed E-state index contributed by atoms with van der Waals surface area (Å²) in [4.78, 5) is 2.60. The Morgan fingerprint density at radius 2 is 2.19 bits per heavy atom. The van der Waals surface area contributed by atoms with Gasteiger partial charge in [-0.2, -0.15) is 0 Å². The van der Waals surface area contributed by atoms with E-state index in [0.29, 0.717) is 0 Å². The van der Waals surface area contributed by atoms with E-state index in [4.69, 9.17) is 4.74 Å². The largest absolute Gasteiger partial charge is 0.381 e. The lowest BCUT2D eigenvalue weighted by Crippen LogP contribution is -2.40. The molecule has 2 fully saturated rings. The van der Waals surface area contributed by atoms with Crippen molar-refractivity contribution in [2.45, 2.75) is 38.6 Å². The number of hydrogen-bond donors (Lipinski definition) is 1. The molecular weight excluding hydrogens is 200 g/mol. The van der Waals surface area contributed by atoms with Gasteiger partial charge in [-0.25, -0.2) is 0 Å². The molecule has 2 saturated heterocycles. The summed E-state index contributed by atoms with van der Waals surface area (Å²) in [6.07, 6.45) is 5.35. The van der Waals surface area contributed by atoms with Gasteiger partial charge in [-0.1, -0.05) is 6.92 Å². The third kappa shape index (κ3) is 3.44. The van der Waals surface area contributed by atoms with E-state index >= 15 is 0 Å². The molecule has 0 bridgehead atoms. The van der Waals surface area contributed by atoms with E-state index in [9.17, 15) is 0 Å². The van der Waals surface area contributed by atoms with Gasteiger partial charge in [0.1, 0.15) is 0 Å². The molecule has 16 heavy (non-hydrogen) atoms. The van der Waals surface area contributed by atoms with Gasteiger partial charge in [-0.15, -0.1) is 0 Å². The molecule has 0 aromatic rings. The Morgan fingerprint density at radius 1 is 1.25 bits per heavy atom. The summed E-state index contributed by atoms with van der Waals surface area (Å²) in [6, 6.07) is 0.787. The number of ether oxygens (including phenoxy) is 1. The molecule has 0 saturated carbocycles. The van der Waals surface area contributed by atoms with Crippen molar-refractivity contribution in [1.82, 2.24) is 10.2 Å². The lowest BCUT2D eigenvalue weighted by atomic mass is 10.0. The highest BCUT2D eigenvalue weighted by molar-refractivity contribution is 4.80. The Balaban J connectivity index is 1.59. The number of nitrogens with one attached hydrogen (secondary N) is 1. The van der Waals surface area contributed by atoms with Crippen molar-refractivity contribution < 1.29 is 4.74 Å². The van der Waals surface area contributed by atoms with Gasteiger partial charge in [-0.05, 0) is 44.7 Å². The Kier molecular flexibility index (Phi) is 5.07. The molecule has 2 aliphatic rings.